The second-order valence-corrected chi connectivity index (χ2v) is 6.72. The molecule has 2 saturated heterocycles. The number of hydrogen-bond acceptors (Lipinski definition) is 9. The molecule has 0 radical (unpaired) electrons. The molecule has 0 unspecified atom stereocenters. The highest BCUT2D eigenvalue weighted by atomic mass is 16.5. The molecule has 2 aliphatic rings. The summed E-state index contributed by atoms with van der Waals surface area (Å²) in [6, 6.07) is 0.235. The van der Waals surface area contributed by atoms with Gasteiger partial charge in [-0.2, -0.15) is 4.98 Å². The first-order valence-corrected chi connectivity index (χ1v) is 8.75. The van der Waals surface area contributed by atoms with Crippen LogP contribution in [-0.4, -0.2) is 70.2 Å². The van der Waals surface area contributed by atoms with E-state index in [4.69, 9.17) is 14.2 Å². The topological polar surface area (TPSA) is 100 Å². The third-order valence-electron chi connectivity index (χ3n) is 5.17. The van der Waals surface area contributed by atoms with Crippen LogP contribution in [0.25, 0.3) is 16.7 Å². The van der Waals surface area contributed by atoms with E-state index in [0.717, 1.165) is 37.5 Å². The van der Waals surface area contributed by atoms with Crippen LogP contribution in [0.4, 0.5) is 5.82 Å². The van der Waals surface area contributed by atoms with Gasteiger partial charge in [-0.05, 0) is 0 Å². The Bertz CT molecular complexity index is 980. The molecule has 5 heterocycles. The number of rotatable bonds is 4. The average molecular weight is 369 g/mol. The summed E-state index contributed by atoms with van der Waals surface area (Å²) in [5.41, 5.74) is 1.22. The van der Waals surface area contributed by atoms with E-state index in [9.17, 15) is 0 Å². The Hall–Kier alpha value is -3.01. The van der Waals surface area contributed by atoms with Crippen molar-refractivity contribution in [2.45, 2.75) is 0 Å². The van der Waals surface area contributed by atoms with Gasteiger partial charge in [-0.15, -0.1) is 5.10 Å². The summed E-state index contributed by atoms with van der Waals surface area (Å²) in [5, 5.41) is 5.45. The molecular formula is C17H19N7O3. The minimum absolute atomic E-state index is 0.235. The van der Waals surface area contributed by atoms with Gasteiger partial charge < -0.3 is 19.1 Å². The number of anilines is 1. The first-order chi connectivity index (χ1) is 13.3. The second kappa shape index (κ2) is 6.31. The summed E-state index contributed by atoms with van der Waals surface area (Å²) in [5.74, 6) is 2.41. The Balaban J connectivity index is 1.55. The van der Waals surface area contributed by atoms with Crippen molar-refractivity contribution < 1.29 is 14.2 Å². The molecule has 10 heteroatoms. The van der Waals surface area contributed by atoms with Crippen LogP contribution in [0.2, 0.25) is 0 Å². The number of nitrogens with zero attached hydrogens (tertiary/aromatic N) is 7. The van der Waals surface area contributed by atoms with E-state index >= 15 is 0 Å². The zero-order valence-electron chi connectivity index (χ0n) is 15.1. The van der Waals surface area contributed by atoms with Crippen molar-refractivity contribution >= 4 is 16.9 Å². The van der Waals surface area contributed by atoms with Gasteiger partial charge in [0.05, 0.1) is 39.0 Å². The van der Waals surface area contributed by atoms with Gasteiger partial charge >= 0.3 is 6.01 Å². The SMILES string of the molecule is COc1ncc(-n2cc3c(N4C[C@@H]5COC[C@H]5C4)ncnc3n2)c(OC)n1. The molecular weight excluding hydrogens is 350 g/mol. The van der Waals surface area contributed by atoms with Crippen LogP contribution in [0.3, 0.4) is 0 Å². The van der Waals surface area contributed by atoms with Gasteiger partial charge in [0, 0.05) is 31.1 Å². The summed E-state index contributed by atoms with van der Waals surface area (Å²) in [6.07, 6.45) is 5.06. The number of aromatic nitrogens is 6. The zero-order chi connectivity index (χ0) is 18.4. The summed E-state index contributed by atoms with van der Waals surface area (Å²) in [7, 11) is 3.06. The molecule has 0 amide bonds. The van der Waals surface area contributed by atoms with Crippen LogP contribution < -0.4 is 14.4 Å². The highest BCUT2D eigenvalue weighted by molar-refractivity contribution is 5.87. The first kappa shape index (κ1) is 16.2. The molecule has 2 aliphatic heterocycles. The van der Waals surface area contributed by atoms with Crippen molar-refractivity contribution in [1.29, 1.82) is 0 Å². The van der Waals surface area contributed by atoms with E-state index in [1.54, 1.807) is 24.3 Å². The third-order valence-corrected chi connectivity index (χ3v) is 5.17. The highest BCUT2D eigenvalue weighted by Crippen LogP contribution is 2.34. The molecule has 0 saturated carbocycles. The number of ether oxygens (including phenoxy) is 3. The van der Waals surface area contributed by atoms with Crippen LogP contribution in [0, 0.1) is 11.8 Å². The lowest BCUT2D eigenvalue weighted by Crippen LogP contribution is -2.23. The lowest BCUT2D eigenvalue weighted by atomic mass is 10.0. The fourth-order valence-corrected chi connectivity index (χ4v) is 3.81. The second-order valence-electron chi connectivity index (χ2n) is 6.72. The molecule has 27 heavy (non-hydrogen) atoms. The van der Waals surface area contributed by atoms with Crippen LogP contribution in [0.1, 0.15) is 0 Å². The molecule has 0 aliphatic carbocycles. The Labute approximate surface area is 155 Å². The maximum atomic E-state index is 5.58. The van der Waals surface area contributed by atoms with Gasteiger partial charge in [-0.3, -0.25) is 0 Å². The number of hydrogen-bond donors (Lipinski definition) is 0. The lowest BCUT2D eigenvalue weighted by Gasteiger charge is -2.18. The number of fused-ring (bicyclic) bond motifs is 2. The third kappa shape index (κ3) is 2.64. The summed E-state index contributed by atoms with van der Waals surface area (Å²) in [6.45, 7) is 3.54. The van der Waals surface area contributed by atoms with Crippen molar-refractivity contribution in [3.63, 3.8) is 0 Å². The van der Waals surface area contributed by atoms with Gasteiger partial charge in [-0.1, -0.05) is 0 Å². The average Bonchev–Trinajstić information content (AvgIpc) is 3.41. The van der Waals surface area contributed by atoms with Crippen LogP contribution >= 0.6 is 0 Å². The Kier molecular flexibility index (Phi) is 3.78. The van der Waals surface area contributed by atoms with Crippen molar-refractivity contribution in [2.24, 2.45) is 11.8 Å². The summed E-state index contributed by atoms with van der Waals surface area (Å²) < 4.78 is 17.7. The number of methoxy groups -OCH3 is 2. The predicted octanol–water partition coefficient (Wildman–Crippen LogP) is 0.705. The Morgan fingerprint density at radius 1 is 1.07 bits per heavy atom. The van der Waals surface area contributed by atoms with Crippen LogP contribution in [-0.2, 0) is 4.74 Å². The fraction of sp³-hybridized carbons (Fsp3) is 0.471. The van der Waals surface area contributed by atoms with Crippen molar-refractivity contribution in [1.82, 2.24) is 29.7 Å². The van der Waals surface area contributed by atoms with Gasteiger partial charge in [0.2, 0.25) is 5.88 Å². The van der Waals surface area contributed by atoms with E-state index in [-0.39, 0.29) is 6.01 Å². The molecule has 0 N–H and O–H groups in total. The molecule has 3 aromatic rings. The van der Waals surface area contributed by atoms with E-state index < -0.39 is 0 Å². The lowest BCUT2D eigenvalue weighted by molar-refractivity contribution is 0.177. The van der Waals surface area contributed by atoms with E-state index in [2.05, 4.69) is 29.9 Å². The van der Waals surface area contributed by atoms with Crippen LogP contribution in [0.15, 0.2) is 18.7 Å². The predicted molar refractivity (Wildman–Crippen MR) is 95.4 cm³/mol. The monoisotopic (exact) mass is 369 g/mol. The molecule has 0 spiro atoms. The molecule has 2 atom stereocenters. The molecule has 0 bridgehead atoms. The minimum Gasteiger partial charge on any atom is -0.479 e. The first-order valence-electron chi connectivity index (χ1n) is 8.75. The van der Waals surface area contributed by atoms with Gasteiger partial charge in [0.25, 0.3) is 0 Å². The molecule has 2 fully saturated rings. The highest BCUT2D eigenvalue weighted by Gasteiger charge is 2.38. The quantitative estimate of drug-likeness (QED) is 0.658. The Morgan fingerprint density at radius 3 is 2.63 bits per heavy atom. The largest absolute Gasteiger partial charge is 0.479 e. The standard InChI is InChI=1S/C17H19N7O3/c1-25-16-13(3-18-17(21-16)26-2)24-6-12-14(22-24)19-9-20-15(12)23-4-10-7-27-8-11(10)5-23/h3,6,9-11H,4-5,7-8H2,1-2H3/t10-,11-/m1/s1. The molecule has 0 aromatic carbocycles. The van der Waals surface area contributed by atoms with E-state index in [1.807, 2.05) is 6.20 Å². The van der Waals surface area contributed by atoms with Crippen molar-refractivity contribution in [3.05, 3.63) is 18.7 Å². The maximum absolute atomic E-state index is 5.58. The van der Waals surface area contributed by atoms with E-state index in [0.29, 0.717) is 29.1 Å². The van der Waals surface area contributed by atoms with Crippen molar-refractivity contribution in [2.75, 3.05) is 45.4 Å². The molecule has 5 rings (SSSR count). The Morgan fingerprint density at radius 2 is 1.89 bits per heavy atom. The fourth-order valence-electron chi connectivity index (χ4n) is 3.81. The van der Waals surface area contributed by atoms with Gasteiger partial charge in [0.1, 0.15) is 17.8 Å². The maximum Gasteiger partial charge on any atom is 0.319 e. The summed E-state index contributed by atoms with van der Waals surface area (Å²) in [4.78, 5) is 19.5. The smallest absolute Gasteiger partial charge is 0.319 e. The molecule has 140 valence electrons. The normalized spacial score (nSPS) is 21.6. The summed E-state index contributed by atoms with van der Waals surface area (Å²) >= 11 is 0. The van der Waals surface area contributed by atoms with Gasteiger partial charge in [0.15, 0.2) is 5.65 Å². The molecule has 10 nitrogen and oxygen atoms in total. The van der Waals surface area contributed by atoms with E-state index in [1.165, 1.54) is 7.11 Å². The minimum atomic E-state index is 0.235. The zero-order valence-corrected chi connectivity index (χ0v) is 15.1. The van der Waals surface area contributed by atoms with Gasteiger partial charge in [-0.25, -0.2) is 19.6 Å². The van der Waals surface area contributed by atoms with Crippen LogP contribution in [0.5, 0.6) is 11.9 Å². The molecule has 3 aromatic heterocycles. The van der Waals surface area contributed by atoms with Crippen molar-refractivity contribution in [3.8, 4) is 17.6 Å².